The van der Waals surface area contributed by atoms with Gasteiger partial charge in [0.2, 0.25) is 0 Å². The van der Waals surface area contributed by atoms with Gasteiger partial charge >= 0.3 is 0 Å². The van der Waals surface area contributed by atoms with E-state index in [4.69, 9.17) is 9.47 Å². The van der Waals surface area contributed by atoms with Crippen LogP contribution in [0.3, 0.4) is 0 Å². The molecule has 0 saturated heterocycles. The van der Waals surface area contributed by atoms with Crippen LogP contribution in [0, 0.1) is 0 Å². The summed E-state index contributed by atoms with van der Waals surface area (Å²) in [5, 5.41) is 3.44. The molecule has 0 amide bonds. The van der Waals surface area contributed by atoms with Crippen LogP contribution in [0.5, 0.6) is 11.5 Å². The quantitative estimate of drug-likeness (QED) is 0.654. The molecular weight excluding hydrogens is 290 g/mol. The van der Waals surface area contributed by atoms with Crippen LogP contribution in [0.15, 0.2) is 30.6 Å². The predicted molar refractivity (Wildman–Crippen MR) is 91.9 cm³/mol. The Hall–Kier alpha value is -2.01. The number of unbranched alkanes of at least 4 members (excludes halogenated alkanes) is 2. The van der Waals surface area contributed by atoms with Crippen molar-refractivity contribution in [2.24, 2.45) is 0 Å². The van der Waals surface area contributed by atoms with E-state index in [0.717, 1.165) is 35.9 Å². The maximum absolute atomic E-state index is 5.82. The Morgan fingerprint density at radius 1 is 1.26 bits per heavy atom. The van der Waals surface area contributed by atoms with E-state index in [-0.39, 0.29) is 6.04 Å². The molecule has 1 aromatic carbocycles. The van der Waals surface area contributed by atoms with Gasteiger partial charge in [-0.25, -0.2) is 4.98 Å². The number of hydrogen-bond acceptors (Lipinski definition) is 4. The van der Waals surface area contributed by atoms with E-state index in [2.05, 4.69) is 35.2 Å². The molecule has 0 saturated carbocycles. The first-order valence-electron chi connectivity index (χ1n) is 8.27. The molecule has 126 valence electrons. The summed E-state index contributed by atoms with van der Waals surface area (Å²) in [7, 11) is 1.68. The molecule has 0 bridgehead atoms. The number of benzene rings is 1. The van der Waals surface area contributed by atoms with Gasteiger partial charge < -0.3 is 19.8 Å². The molecule has 23 heavy (non-hydrogen) atoms. The van der Waals surface area contributed by atoms with Crippen molar-refractivity contribution in [1.29, 1.82) is 0 Å². The zero-order valence-corrected chi connectivity index (χ0v) is 14.3. The molecule has 1 heterocycles. The normalized spacial score (nSPS) is 12.1. The highest BCUT2D eigenvalue weighted by Crippen LogP contribution is 2.30. The molecule has 1 atom stereocenters. The minimum atomic E-state index is 0.197. The van der Waals surface area contributed by atoms with Crippen molar-refractivity contribution in [3.05, 3.63) is 42.0 Å². The van der Waals surface area contributed by atoms with Crippen molar-refractivity contribution < 1.29 is 9.47 Å². The van der Waals surface area contributed by atoms with E-state index in [1.165, 1.54) is 12.8 Å². The minimum Gasteiger partial charge on any atom is -0.493 e. The number of aromatic amines is 1. The van der Waals surface area contributed by atoms with Gasteiger partial charge in [0.1, 0.15) is 5.82 Å². The fourth-order valence-corrected chi connectivity index (χ4v) is 2.37. The molecule has 0 spiro atoms. The average Bonchev–Trinajstić information content (AvgIpc) is 3.10. The molecule has 0 fully saturated rings. The fourth-order valence-electron chi connectivity index (χ4n) is 2.37. The van der Waals surface area contributed by atoms with Gasteiger partial charge in [0.15, 0.2) is 11.5 Å². The monoisotopic (exact) mass is 317 g/mol. The number of imidazole rings is 1. The number of methoxy groups -OCH3 is 1. The highest BCUT2D eigenvalue weighted by Gasteiger charge is 2.11. The molecule has 2 rings (SSSR count). The van der Waals surface area contributed by atoms with Crippen LogP contribution in [-0.2, 0) is 6.54 Å². The Kier molecular flexibility index (Phi) is 6.94. The fraction of sp³-hybridized carbons (Fsp3) is 0.500. The highest BCUT2D eigenvalue weighted by molar-refractivity contribution is 5.43. The van der Waals surface area contributed by atoms with Crippen LogP contribution in [-0.4, -0.2) is 23.7 Å². The second-order valence-electron chi connectivity index (χ2n) is 5.60. The van der Waals surface area contributed by atoms with Gasteiger partial charge in [-0.3, -0.25) is 0 Å². The van der Waals surface area contributed by atoms with Gasteiger partial charge in [0.25, 0.3) is 0 Å². The molecule has 2 aromatic rings. The second-order valence-corrected chi connectivity index (χ2v) is 5.60. The lowest BCUT2D eigenvalue weighted by Crippen LogP contribution is -2.18. The smallest absolute Gasteiger partial charge is 0.161 e. The molecule has 0 aliphatic heterocycles. The van der Waals surface area contributed by atoms with E-state index in [0.29, 0.717) is 6.54 Å². The van der Waals surface area contributed by atoms with Crippen molar-refractivity contribution in [3.63, 3.8) is 0 Å². The minimum absolute atomic E-state index is 0.197. The first kappa shape index (κ1) is 17.3. The molecule has 0 radical (unpaired) electrons. The van der Waals surface area contributed by atoms with Crippen molar-refractivity contribution in [3.8, 4) is 11.5 Å². The summed E-state index contributed by atoms with van der Waals surface area (Å²) >= 11 is 0. The first-order chi connectivity index (χ1) is 11.2. The number of H-pyrrole nitrogens is 1. The van der Waals surface area contributed by atoms with Gasteiger partial charge in [-0.05, 0) is 31.0 Å². The van der Waals surface area contributed by atoms with Gasteiger partial charge in [-0.15, -0.1) is 0 Å². The number of ether oxygens (including phenoxy) is 2. The molecule has 5 nitrogen and oxygen atoms in total. The van der Waals surface area contributed by atoms with E-state index in [1.54, 1.807) is 13.3 Å². The zero-order chi connectivity index (χ0) is 16.5. The van der Waals surface area contributed by atoms with Crippen molar-refractivity contribution in [2.75, 3.05) is 13.7 Å². The topological polar surface area (TPSA) is 59.2 Å². The van der Waals surface area contributed by atoms with Gasteiger partial charge in [0, 0.05) is 18.4 Å². The van der Waals surface area contributed by atoms with Crippen LogP contribution >= 0.6 is 0 Å². The number of nitrogens with one attached hydrogen (secondary N) is 2. The van der Waals surface area contributed by atoms with Gasteiger partial charge in [-0.1, -0.05) is 25.8 Å². The summed E-state index contributed by atoms with van der Waals surface area (Å²) in [5.41, 5.74) is 1.16. The second kappa shape index (κ2) is 9.20. The maximum Gasteiger partial charge on any atom is 0.161 e. The van der Waals surface area contributed by atoms with E-state index in [9.17, 15) is 0 Å². The average molecular weight is 317 g/mol. The van der Waals surface area contributed by atoms with Crippen LogP contribution in [0.25, 0.3) is 0 Å². The molecule has 0 aliphatic rings. The van der Waals surface area contributed by atoms with Gasteiger partial charge in [0.05, 0.1) is 20.3 Å². The highest BCUT2D eigenvalue weighted by atomic mass is 16.5. The Balaban J connectivity index is 1.93. The Bertz CT molecular complexity index is 570. The summed E-state index contributed by atoms with van der Waals surface area (Å²) in [6.45, 7) is 5.74. The van der Waals surface area contributed by atoms with Crippen molar-refractivity contribution >= 4 is 0 Å². The number of hydrogen-bond donors (Lipinski definition) is 2. The SMILES string of the molecule is CCCCCOc1ccc(C(C)NCc2ncc[nH]2)cc1OC. The van der Waals surface area contributed by atoms with Crippen molar-refractivity contribution in [2.45, 2.75) is 45.7 Å². The van der Waals surface area contributed by atoms with E-state index in [1.807, 2.05) is 18.3 Å². The Labute approximate surface area is 138 Å². The summed E-state index contributed by atoms with van der Waals surface area (Å²) in [6.07, 6.45) is 7.04. The third-order valence-corrected chi connectivity index (χ3v) is 3.82. The molecular formula is C18H27N3O2. The molecule has 5 heteroatoms. The maximum atomic E-state index is 5.82. The summed E-state index contributed by atoms with van der Waals surface area (Å²) in [5.74, 6) is 2.52. The number of nitrogens with zero attached hydrogens (tertiary/aromatic N) is 1. The number of aromatic nitrogens is 2. The first-order valence-corrected chi connectivity index (χ1v) is 8.27. The van der Waals surface area contributed by atoms with E-state index < -0.39 is 0 Å². The lowest BCUT2D eigenvalue weighted by Gasteiger charge is -2.17. The van der Waals surface area contributed by atoms with Gasteiger partial charge in [-0.2, -0.15) is 0 Å². The Morgan fingerprint density at radius 3 is 2.83 bits per heavy atom. The third-order valence-electron chi connectivity index (χ3n) is 3.82. The standard InChI is InChI=1S/C18H27N3O2/c1-4-5-6-11-23-16-8-7-15(12-17(16)22-3)14(2)21-13-18-19-9-10-20-18/h7-10,12,14,21H,4-6,11,13H2,1-3H3,(H,19,20). The molecule has 1 unspecified atom stereocenters. The Morgan fingerprint density at radius 2 is 2.13 bits per heavy atom. The van der Waals surface area contributed by atoms with Crippen LogP contribution in [0.2, 0.25) is 0 Å². The lowest BCUT2D eigenvalue weighted by atomic mass is 10.1. The van der Waals surface area contributed by atoms with E-state index >= 15 is 0 Å². The molecule has 1 aromatic heterocycles. The molecule has 2 N–H and O–H groups in total. The van der Waals surface area contributed by atoms with Crippen LogP contribution in [0.4, 0.5) is 0 Å². The van der Waals surface area contributed by atoms with Crippen LogP contribution in [0.1, 0.15) is 50.5 Å². The summed E-state index contributed by atoms with van der Waals surface area (Å²) in [6, 6.07) is 6.31. The van der Waals surface area contributed by atoms with Crippen molar-refractivity contribution in [1.82, 2.24) is 15.3 Å². The third kappa shape index (κ3) is 5.28. The summed E-state index contributed by atoms with van der Waals surface area (Å²) < 4.78 is 11.3. The van der Waals surface area contributed by atoms with Crippen LogP contribution < -0.4 is 14.8 Å². The zero-order valence-electron chi connectivity index (χ0n) is 14.3. The largest absolute Gasteiger partial charge is 0.493 e. The number of rotatable bonds is 10. The lowest BCUT2D eigenvalue weighted by molar-refractivity contribution is 0.285. The summed E-state index contributed by atoms with van der Waals surface area (Å²) in [4.78, 5) is 7.31. The molecule has 0 aliphatic carbocycles. The predicted octanol–water partition coefficient (Wildman–Crippen LogP) is 3.84.